The fourth-order valence-corrected chi connectivity index (χ4v) is 2.34. The summed E-state index contributed by atoms with van der Waals surface area (Å²) in [6.45, 7) is 10.4. The van der Waals surface area contributed by atoms with Crippen LogP contribution in [0.25, 0.3) is 0 Å². The van der Waals surface area contributed by atoms with E-state index in [9.17, 15) is 19.2 Å². The molecular formula is C19H30N2O8. The molecule has 0 aliphatic heterocycles. The predicted molar refractivity (Wildman–Crippen MR) is 104 cm³/mol. The Morgan fingerprint density at radius 1 is 0.793 bits per heavy atom. The highest BCUT2D eigenvalue weighted by molar-refractivity contribution is 5.81. The van der Waals surface area contributed by atoms with Crippen LogP contribution in [0.5, 0.6) is 0 Å². The second-order valence-electron chi connectivity index (χ2n) is 5.77. The Morgan fingerprint density at radius 2 is 1.28 bits per heavy atom. The van der Waals surface area contributed by atoms with Crippen LogP contribution in [-0.2, 0) is 28.5 Å². The molecule has 0 aliphatic carbocycles. The van der Waals surface area contributed by atoms with E-state index in [2.05, 4.69) is 23.8 Å². The standard InChI is InChI=1S/C19H30N2O8/c1-5-15(22)28-13-10-19(21-18(25)27-8-4,11-14-29-16(23)6-2)9-12-20-17(24)26-7-3/h5-6H,1-2,7-14H2,3-4H3,(H,20,24)(H,21,25). The van der Waals surface area contributed by atoms with Gasteiger partial charge in [0.1, 0.15) is 0 Å². The van der Waals surface area contributed by atoms with Gasteiger partial charge >= 0.3 is 24.1 Å². The quantitative estimate of drug-likeness (QED) is 0.250. The first-order valence-electron chi connectivity index (χ1n) is 9.26. The van der Waals surface area contributed by atoms with Crippen LogP contribution in [0.3, 0.4) is 0 Å². The number of carbonyl (C=O) groups excluding carboxylic acids is 4. The van der Waals surface area contributed by atoms with Gasteiger partial charge in [-0.2, -0.15) is 0 Å². The summed E-state index contributed by atoms with van der Waals surface area (Å²) in [6.07, 6.45) is 1.36. The van der Waals surface area contributed by atoms with Crippen molar-refractivity contribution >= 4 is 24.1 Å². The van der Waals surface area contributed by atoms with Crippen molar-refractivity contribution in [2.75, 3.05) is 33.0 Å². The lowest BCUT2D eigenvalue weighted by molar-refractivity contribution is -0.138. The summed E-state index contributed by atoms with van der Waals surface area (Å²) < 4.78 is 19.8. The first kappa shape index (κ1) is 26.0. The fraction of sp³-hybridized carbons (Fsp3) is 0.579. The van der Waals surface area contributed by atoms with E-state index in [-0.39, 0.29) is 52.2 Å². The van der Waals surface area contributed by atoms with Crippen LogP contribution >= 0.6 is 0 Å². The zero-order valence-electron chi connectivity index (χ0n) is 17.0. The molecule has 0 heterocycles. The molecule has 0 saturated carbocycles. The lowest BCUT2D eigenvalue weighted by Crippen LogP contribution is -2.52. The third kappa shape index (κ3) is 12.1. The molecule has 2 amide bonds. The van der Waals surface area contributed by atoms with Gasteiger partial charge in [0.05, 0.1) is 32.0 Å². The van der Waals surface area contributed by atoms with Gasteiger partial charge < -0.3 is 29.6 Å². The van der Waals surface area contributed by atoms with Crippen molar-refractivity contribution in [2.45, 2.75) is 38.6 Å². The topological polar surface area (TPSA) is 129 Å². The van der Waals surface area contributed by atoms with E-state index in [4.69, 9.17) is 18.9 Å². The maximum absolute atomic E-state index is 12.1. The highest BCUT2D eigenvalue weighted by atomic mass is 16.6. The second kappa shape index (κ2) is 14.9. The predicted octanol–water partition coefficient (Wildman–Crippen LogP) is 1.85. The lowest BCUT2D eigenvalue weighted by Gasteiger charge is -2.34. The molecule has 0 unspecified atom stereocenters. The third-order valence-electron chi connectivity index (χ3n) is 3.77. The van der Waals surface area contributed by atoms with Crippen molar-refractivity contribution in [2.24, 2.45) is 0 Å². The molecule has 0 radical (unpaired) electrons. The molecule has 2 N–H and O–H groups in total. The van der Waals surface area contributed by atoms with Crippen LogP contribution in [0.2, 0.25) is 0 Å². The minimum absolute atomic E-state index is 0.0356. The average molecular weight is 414 g/mol. The molecule has 0 saturated heterocycles. The summed E-state index contributed by atoms with van der Waals surface area (Å²) >= 11 is 0. The van der Waals surface area contributed by atoms with Crippen LogP contribution in [0.1, 0.15) is 33.1 Å². The molecule has 0 aliphatic rings. The normalized spacial score (nSPS) is 10.3. The van der Waals surface area contributed by atoms with E-state index in [1.54, 1.807) is 13.8 Å². The maximum Gasteiger partial charge on any atom is 0.407 e. The number of hydrogen-bond donors (Lipinski definition) is 2. The number of hydrogen-bond acceptors (Lipinski definition) is 8. The van der Waals surface area contributed by atoms with E-state index in [1.807, 2.05) is 0 Å². The summed E-state index contributed by atoms with van der Waals surface area (Å²) in [5, 5.41) is 5.30. The van der Waals surface area contributed by atoms with Gasteiger partial charge in [0, 0.05) is 31.5 Å². The molecule has 0 spiro atoms. The zero-order valence-corrected chi connectivity index (χ0v) is 17.0. The molecular weight excluding hydrogens is 384 g/mol. The van der Waals surface area contributed by atoms with Gasteiger partial charge in [0.2, 0.25) is 0 Å². The Balaban J connectivity index is 5.26. The number of esters is 2. The van der Waals surface area contributed by atoms with Crippen molar-refractivity contribution in [3.05, 3.63) is 25.3 Å². The number of nitrogens with one attached hydrogen (secondary N) is 2. The van der Waals surface area contributed by atoms with Crippen LogP contribution in [0, 0.1) is 0 Å². The molecule has 10 nitrogen and oxygen atoms in total. The third-order valence-corrected chi connectivity index (χ3v) is 3.77. The highest BCUT2D eigenvalue weighted by Gasteiger charge is 2.33. The first-order chi connectivity index (χ1) is 13.8. The molecule has 0 rings (SSSR count). The Labute approximate surface area is 170 Å². The second-order valence-corrected chi connectivity index (χ2v) is 5.77. The number of carbonyl (C=O) groups is 4. The zero-order chi connectivity index (χ0) is 22.1. The summed E-state index contributed by atoms with van der Waals surface area (Å²) in [5.74, 6) is -1.23. The van der Waals surface area contributed by atoms with Gasteiger partial charge in [-0.25, -0.2) is 19.2 Å². The summed E-state index contributed by atoms with van der Waals surface area (Å²) in [4.78, 5) is 46.3. The molecule has 0 aromatic rings. The van der Waals surface area contributed by atoms with E-state index in [0.717, 1.165) is 12.2 Å². The van der Waals surface area contributed by atoms with Crippen molar-refractivity contribution in [1.29, 1.82) is 0 Å². The van der Waals surface area contributed by atoms with Crippen molar-refractivity contribution in [3.63, 3.8) is 0 Å². The molecule has 164 valence electrons. The van der Waals surface area contributed by atoms with Crippen molar-refractivity contribution in [3.8, 4) is 0 Å². The summed E-state index contributed by atoms with van der Waals surface area (Å²) in [5.41, 5.74) is -0.991. The monoisotopic (exact) mass is 414 g/mol. The first-order valence-corrected chi connectivity index (χ1v) is 9.26. The maximum atomic E-state index is 12.1. The molecule has 0 aromatic carbocycles. The van der Waals surface area contributed by atoms with Gasteiger partial charge in [0.15, 0.2) is 0 Å². The van der Waals surface area contributed by atoms with E-state index < -0.39 is 29.7 Å². The largest absolute Gasteiger partial charge is 0.462 e. The Hall–Kier alpha value is -3.04. The van der Waals surface area contributed by atoms with Gasteiger partial charge in [-0.15, -0.1) is 0 Å². The summed E-state index contributed by atoms with van der Waals surface area (Å²) in [6, 6.07) is 0. The van der Waals surface area contributed by atoms with Gasteiger partial charge in [-0.1, -0.05) is 13.2 Å². The Morgan fingerprint density at radius 3 is 1.72 bits per heavy atom. The van der Waals surface area contributed by atoms with Gasteiger partial charge in [-0.3, -0.25) is 0 Å². The Kier molecular flexibility index (Phi) is 13.4. The fourth-order valence-electron chi connectivity index (χ4n) is 2.34. The SMILES string of the molecule is C=CC(=O)OCCC(CCNC(=O)OCC)(CCOC(=O)C=C)NC(=O)OCC. The van der Waals surface area contributed by atoms with E-state index >= 15 is 0 Å². The molecule has 0 atom stereocenters. The van der Waals surface area contributed by atoms with Gasteiger partial charge in [-0.05, 0) is 20.3 Å². The minimum atomic E-state index is -0.991. The van der Waals surface area contributed by atoms with Crippen molar-refractivity contribution < 1.29 is 38.1 Å². The van der Waals surface area contributed by atoms with Crippen LogP contribution in [0.15, 0.2) is 25.3 Å². The highest BCUT2D eigenvalue weighted by Crippen LogP contribution is 2.21. The number of rotatable bonds is 14. The average Bonchev–Trinajstić information content (AvgIpc) is 2.67. The van der Waals surface area contributed by atoms with E-state index in [0.29, 0.717) is 0 Å². The van der Waals surface area contributed by atoms with E-state index in [1.165, 1.54) is 0 Å². The van der Waals surface area contributed by atoms with Gasteiger partial charge in [0.25, 0.3) is 0 Å². The minimum Gasteiger partial charge on any atom is -0.462 e. The number of ether oxygens (including phenoxy) is 4. The lowest BCUT2D eigenvalue weighted by atomic mass is 9.88. The molecule has 0 aromatic heterocycles. The smallest absolute Gasteiger partial charge is 0.407 e. The molecule has 29 heavy (non-hydrogen) atoms. The van der Waals surface area contributed by atoms with Crippen molar-refractivity contribution in [1.82, 2.24) is 10.6 Å². The number of alkyl carbamates (subject to hydrolysis) is 2. The molecule has 0 fully saturated rings. The van der Waals surface area contributed by atoms with Crippen LogP contribution in [-0.4, -0.2) is 62.6 Å². The van der Waals surface area contributed by atoms with Crippen LogP contribution in [0.4, 0.5) is 9.59 Å². The molecule has 0 bridgehead atoms. The Bertz CT molecular complexity index is 551. The number of amides is 2. The summed E-state index contributed by atoms with van der Waals surface area (Å²) in [7, 11) is 0. The van der Waals surface area contributed by atoms with Crippen LogP contribution < -0.4 is 10.6 Å². The molecule has 10 heteroatoms.